The first kappa shape index (κ1) is 15.4. The fraction of sp³-hybridized carbons (Fsp3) is 0.316. The predicted molar refractivity (Wildman–Crippen MR) is 95.2 cm³/mol. The fourth-order valence-electron chi connectivity index (χ4n) is 2.70. The largest absolute Gasteiger partial charge is 0.497 e. The number of rotatable bonds is 7. The fourth-order valence-corrected chi connectivity index (χ4v) is 2.70. The van der Waals surface area contributed by atoms with Crippen LogP contribution < -0.4 is 10.1 Å². The van der Waals surface area contributed by atoms with Gasteiger partial charge in [0.1, 0.15) is 5.75 Å². The Hall–Kier alpha value is -2.49. The van der Waals surface area contributed by atoms with Crippen LogP contribution in [0, 0.1) is 0 Å². The minimum atomic E-state index is 0.770. The van der Waals surface area contributed by atoms with E-state index in [0.717, 1.165) is 42.2 Å². The molecular formula is C19H23N3O. The molecule has 0 radical (unpaired) electrons. The van der Waals surface area contributed by atoms with E-state index >= 15 is 0 Å². The van der Waals surface area contributed by atoms with Gasteiger partial charge < -0.3 is 14.6 Å². The van der Waals surface area contributed by atoms with Gasteiger partial charge >= 0.3 is 0 Å². The third kappa shape index (κ3) is 3.47. The summed E-state index contributed by atoms with van der Waals surface area (Å²) in [5.74, 6) is 1.81. The van der Waals surface area contributed by atoms with Gasteiger partial charge in [0.25, 0.3) is 0 Å². The van der Waals surface area contributed by atoms with Crippen molar-refractivity contribution >= 4 is 17.0 Å². The number of nitrogens with zero attached hydrogens (tertiary/aromatic N) is 2. The van der Waals surface area contributed by atoms with Crippen LogP contribution in [0.3, 0.4) is 0 Å². The van der Waals surface area contributed by atoms with Crippen LogP contribution in [0.5, 0.6) is 5.75 Å². The van der Waals surface area contributed by atoms with E-state index in [0.29, 0.717) is 0 Å². The molecule has 0 aliphatic carbocycles. The number of nitrogens with one attached hydrogen (secondary N) is 1. The number of aromatic nitrogens is 2. The number of ether oxygens (including phenoxy) is 1. The molecule has 4 nitrogen and oxygen atoms in total. The van der Waals surface area contributed by atoms with E-state index in [1.54, 1.807) is 7.11 Å². The van der Waals surface area contributed by atoms with E-state index in [1.807, 2.05) is 18.2 Å². The summed E-state index contributed by atoms with van der Waals surface area (Å²) in [6.45, 7) is 3.91. The minimum Gasteiger partial charge on any atom is -0.497 e. The van der Waals surface area contributed by atoms with Gasteiger partial charge in [-0.3, -0.25) is 0 Å². The Morgan fingerprint density at radius 2 is 2.00 bits per heavy atom. The second-order valence-electron chi connectivity index (χ2n) is 5.64. The summed E-state index contributed by atoms with van der Waals surface area (Å²) in [5.41, 5.74) is 3.37. The molecule has 1 N–H and O–H groups in total. The van der Waals surface area contributed by atoms with Gasteiger partial charge in [-0.05, 0) is 36.2 Å². The molecule has 0 spiro atoms. The van der Waals surface area contributed by atoms with E-state index in [1.165, 1.54) is 12.0 Å². The van der Waals surface area contributed by atoms with E-state index in [9.17, 15) is 0 Å². The van der Waals surface area contributed by atoms with Gasteiger partial charge in [0, 0.05) is 6.54 Å². The highest BCUT2D eigenvalue weighted by atomic mass is 16.5. The van der Waals surface area contributed by atoms with Gasteiger partial charge in [0.15, 0.2) is 0 Å². The number of para-hydroxylation sites is 2. The molecular weight excluding hydrogens is 286 g/mol. The molecule has 0 bridgehead atoms. The topological polar surface area (TPSA) is 39.1 Å². The molecule has 2 aromatic carbocycles. The molecule has 1 heterocycles. The smallest absolute Gasteiger partial charge is 0.204 e. The molecule has 0 aliphatic rings. The molecule has 0 saturated carbocycles. The minimum absolute atomic E-state index is 0.770. The first-order valence-corrected chi connectivity index (χ1v) is 8.14. The zero-order chi connectivity index (χ0) is 16.1. The summed E-state index contributed by atoms with van der Waals surface area (Å²) in [7, 11) is 1.70. The van der Waals surface area contributed by atoms with E-state index in [-0.39, 0.29) is 0 Å². The lowest BCUT2D eigenvalue weighted by atomic mass is 10.2. The molecule has 0 saturated heterocycles. The summed E-state index contributed by atoms with van der Waals surface area (Å²) in [5, 5.41) is 3.47. The third-order valence-corrected chi connectivity index (χ3v) is 3.94. The quantitative estimate of drug-likeness (QED) is 0.661. The van der Waals surface area contributed by atoms with Gasteiger partial charge in [-0.1, -0.05) is 37.6 Å². The Labute approximate surface area is 137 Å². The first-order valence-electron chi connectivity index (χ1n) is 8.14. The van der Waals surface area contributed by atoms with Crippen molar-refractivity contribution in [1.82, 2.24) is 9.55 Å². The number of fused-ring (bicyclic) bond motifs is 1. The van der Waals surface area contributed by atoms with Crippen LogP contribution in [0.1, 0.15) is 25.3 Å². The molecule has 1 aromatic heterocycles. The average molecular weight is 309 g/mol. The average Bonchev–Trinajstić information content (AvgIpc) is 2.93. The number of anilines is 1. The molecule has 4 heteroatoms. The molecule has 0 amide bonds. The summed E-state index contributed by atoms with van der Waals surface area (Å²) in [6, 6.07) is 16.4. The van der Waals surface area contributed by atoms with Gasteiger partial charge in [0.05, 0.1) is 24.7 Å². The molecule has 3 aromatic rings. The lowest BCUT2D eigenvalue weighted by molar-refractivity contribution is 0.414. The molecule has 3 rings (SSSR count). The zero-order valence-corrected chi connectivity index (χ0v) is 13.7. The molecule has 120 valence electrons. The van der Waals surface area contributed by atoms with Crippen molar-refractivity contribution in [3.63, 3.8) is 0 Å². The number of unbranched alkanes of at least 4 members (excludes halogenated alkanes) is 1. The number of hydrogen-bond donors (Lipinski definition) is 1. The second kappa shape index (κ2) is 7.18. The monoisotopic (exact) mass is 309 g/mol. The van der Waals surface area contributed by atoms with Gasteiger partial charge in [-0.2, -0.15) is 0 Å². The Kier molecular flexibility index (Phi) is 4.81. The van der Waals surface area contributed by atoms with Crippen LogP contribution in [0.2, 0.25) is 0 Å². The van der Waals surface area contributed by atoms with Crippen molar-refractivity contribution in [2.75, 3.05) is 19.0 Å². The number of methoxy groups -OCH3 is 1. The highest BCUT2D eigenvalue weighted by molar-refractivity contribution is 5.78. The van der Waals surface area contributed by atoms with Gasteiger partial charge in [0.2, 0.25) is 5.95 Å². The summed E-state index contributed by atoms with van der Waals surface area (Å²) in [4.78, 5) is 4.74. The molecule has 0 fully saturated rings. The van der Waals surface area contributed by atoms with Crippen LogP contribution in [0.4, 0.5) is 5.95 Å². The van der Waals surface area contributed by atoms with Gasteiger partial charge in [-0.15, -0.1) is 0 Å². The number of imidazole rings is 1. The van der Waals surface area contributed by atoms with Crippen molar-refractivity contribution in [3.05, 3.63) is 54.1 Å². The van der Waals surface area contributed by atoms with Crippen LogP contribution in [-0.4, -0.2) is 23.2 Å². The Morgan fingerprint density at radius 3 is 2.83 bits per heavy atom. The third-order valence-electron chi connectivity index (χ3n) is 3.94. The maximum absolute atomic E-state index is 5.33. The summed E-state index contributed by atoms with van der Waals surface area (Å²) >= 11 is 0. The lowest BCUT2D eigenvalue weighted by Crippen LogP contribution is -2.09. The van der Waals surface area contributed by atoms with Crippen LogP contribution in [-0.2, 0) is 6.54 Å². The molecule has 0 unspecified atom stereocenters. The van der Waals surface area contributed by atoms with E-state index in [4.69, 9.17) is 9.72 Å². The van der Waals surface area contributed by atoms with Crippen LogP contribution in [0.25, 0.3) is 11.0 Å². The Morgan fingerprint density at radius 1 is 1.13 bits per heavy atom. The molecule has 0 atom stereocenters. The Balaban J connectivity index is 1.94. The highest BCUT2D eigenvalue weighted by Crippen LogP contribution is 2.22. The highest BCUT2D eigenvalue weighted by Gasteiger charge is 2.10. The maximum atomic E-state index is 5.33. The molecule has 0 aliphatic heterocycles. The van der Waals surface area contributed by atoms with Crippen molar-refractivity contribution in [2.45, 2.75) is 26.3 Å². The van der Waals surface area contributed by atoms with E-state index in [2.05, 4.69) is 47.1 Å². The predicted octanol–water partition coefficient (Wildman–Crippen LogP) is 4.31. The zero-order valence-electron chi connectivity index (χ0n) is 13.7. The van der Waals surface area contributed by atoms with Crippen molar-refractivity contribution in [1.29, 1.82) is 0 Å². The Bertz CT molecular complexity index is 779. The summed E-state index contributed by atoms with van der Waals surface area (Å²) < 4.78 is 7.57. The van der Waals surface area contributed by atoms with Crippen molar-refractivity contribution in [2.24, 2.45) is 0 Å². The van der Waals surface area contributed by atoms with Crippen LogP contribution >= 0.6 is 0 Å². The van der Waals surface area contributed by atoms with Crippen molar-refractivity contribution in [3.8, 4) is 5.75 Å². The van der Waals surface area contributed by atoms with Crippen molar-refractivity contribution < 1.29 is 4.74 Å². The normalized spacial score (nSPS) is 10.9. The molecule has 23 heavy (non-hydrogen) atoms. The SMILES string of the molecule is CCCCNc1nc2ccccc2n1Cc1cccc(OC)c1. The number of hydrogen-bond acceptors (Lipinski definition) is 3. The van der Waals surface area contributed by atoms with Gasteiger partial charge in [-0.25, -0.2) is 4.98 Å². The van der Waals surface area contributed by atoms with E-state index < -0.39 is 0 Å². The second-order valence-corrected chi connectivity index (χ2v) is 5.64. The lowest BCUT2D eigenvalue weighted by Gasteiger charge is -2.11. The first-order chi connectivity index (χ1) is 11.3. The summed E-state index contributed by atoms with van der Waals surface area (Å²) in [6.07, 6.45) is 2.31. The number of benzene rings is 2. The van der Waals surface area contributed by atoms with Crippen LogP contribution in [0.15, 0.2) is 48.5 Å². The standard InChI is InChI=1S/C19H23N3O/c1-3-4-12-20-19-21-17-10-5-6-11-18(17)22(19)14-15-8-7-9-16(13-15)23-2/h5-11,13H,3-4,12,14H2,1-2H3,(H,20,21). The maximum Gasteiger partial charge on any atom is 0.204 e.